The van der Waals surface area contributed by atoms with Crippen molar-refractivity contribution < 1.29 is 9.72 Å². The summed E-state index contributed by atoms with van der Waals surface area (Å²) in [6.45, 7) is 4.42. The van der Waals surface area contributed by atoms with Crippen LogP contribution in [-0.4, -0.2) is 34.6 Å². The molecule has 98 valence electrons. The third kappa shape index (κ3) is 3.73. The summed E-state index contributed by atoms with van der Waals surface area (Å²) in [6, 6.07) is 6.23. The number of carbonyl (C=O) groups is 1. The molecule has 0 spiro atoms. The van der Waals surface area contributed by atoms with Crippen molar-refractivity contribution in [2.45, 2.75) is 24.0 Å². The number of thioether (sulfide) groups is 1. The van der Waals surface area contributed by atoms with Crippen LogP contribution < -0.4 is 0 Å². The highest BCUT2D eigenvalue weighted by Gasteiger charge is 2.17. The first kappa shape index (κ1) is 14.5. The van der Waals surface area contributed by atoms with Gasteiger partial charge in [-0.1, -0.05) is 0 Å². The SMILES string of the molecule is CCN(C)C(=O)C(C)Sc1ccc([N+](=O)[O-])cc1. The molecule has 1 rings (SSSR count). The van der Waals surface area contributed by atoms with Gasteiger partial charge in [0.05, 0.1) is 10.2 Å². The van der Waals surface area contributed by atoms with Crippen LogP contribution in [0.1, 0.15) is 13.8 Å². The molecule has 0 fully saturated rings. The van der Waals surface area contributed by atoms with E-state index in [9.17, 15) is 14.9 Å². The number of rotatable bonds is 5. The maximum atomic E-state index is 11.9. The molecular formula is C12H16N2O3S. The third-order valence-corrected chi connectivity index (χ3v) is 3.66. The number of benzene rings is 1. The van der Waals surface area contributed by atoms with Crippen molar-refractivity contribution in [3.63, 3.8) is 0 Å². The van der Waals surface area contributed by atoms with E-state index in [1.165, 1.54) is 23.9 Å². The lowest BCUT2D eigenvalue weighted by molar-refractivity contribution is -0.384. The van der Waals surface area contributed by atoms with Gasteiger partial charge in [0.25, 0.3) is 5.69 Å². The van der Waals surface area contributed by atoms with E-state index in [0.717, 1.165) is 4.90 Å². The van der Waals surface area contributed by atoms with E-state index in [4.69, 9.17) is 0 Å². The lowest BCUT2D eigenvalue weighted by Gasteiger charge is -2.19. The van der Waals surface area contributed by atoms with E-state index in [0.29, 0.717) is 6.54 Å². The average Bonchev–Trinajstić information content (AvgIpc) is 2.37. The zero-order chi connectivity index (χ0) is 13.7. The zero-order valence-corrected chi connectivity index (χ0v) is 11.4. The molecule has 1 aromatic carbocycles. The topological polar surface area (TPSA) is 63.5 Å². The van der Waals surface area contributed by atoms with Crippen molar-refractivity contribution in [1.82, 2.24) is 4.90 Å². The minimum absolute atomic E-state index is 0.0563. The van der Waals surface area contributed by atoms with Crippen LogP contribution >= 0.6 is 11.8 Å². The van der Waals surface area contributed by atoms with E-state index >= 15 is 0 Å². The van der Waals surface area contributed by atoms with E-state index in [1.54, 1.807) is 24.1 Å². The van der Waals surface area contributed by atoms with Crippen molar-refractivity contribution in [2.75, 3.05) is 13.6 Å². The number of amides is 1. The van der Waals surface area contributed by atoms with Gasteiger partial charge in [0.1, 0.15) is 0 Å². The molecule has 0 N–H and O–H groups in total. The molecule has 6 heteroatoms. The molecule has 0 aromatic heterocycles. The van der Waals surface area contributed by atoms with Gasteiger partial charge in [-0.3, -0.25) is 14.9 Å². The average molecular weight is 268 g/mol. The summed E-state index contributed by atoms with van der Waals surface area (Å²) in [4.78, 5) is 24.4. The van der Waals surface area contributed by atoms with Crippen LogP contribution in [0.25, 0.3) is 0 Å². The molecule has 0 bridgehead atoms. The molecule has 1 aromatic rings. The standard InChI is InChI=1S/C12H16N2O3S/c1-4-13(3)12(15)9(2)18-11-7-5-10(6-8-11)14(16)17/h5-9H,4H2,1-3H3. The van der Waals surface area contributed by atoms with Crippen LogP contribution in [-0.2, 0) is 4.79 Å². The van der Waals surface area contributed by atoms with E-state index in [-0.39, 0.29) is 16.8 Å². The summed E-state index contributed by atoms with van der Waals surface area (Å²) in [6.07, 6.45) is 0. The Hall–Kier alpha value is -1.56. The molecule has 0 heterocycles. The maximum absolute atomic E-state index is 11.9. The Morgan fingerprint density at radius 1 is 1.44 bits per heavy atom. The highest BCUT2D eigenvalue weighted by atomic mass is 32.2. The maximum Gasteiger partial charge on any atom is 0.269 e. The first-order chi connectivity index (χ1) is 8.45. The molecule has 0 radical (unpaired) electrons. The van der Waals surface area contributed by atoms with E-state index in [2.05, 4.69) is 0 Å². The van der Waals surface area contributed by atoms with Crippen molar-refractivity contribution in [2.24, 2.45) is 0 Å². The van der Waals surface area contributed by atoms with Gasteiger partial charge in [0.15, 0.2) is 0 Å². The van der Waals surface area contributed by atoms with Gasteiger partial charge in [-0.25, -0.2) is 0 Å². The number of carbonyl (C=O) groups excluding carboxylic acids is 1. The molecule has 1 unspecified atom stereocenters. The van der Waals surface area contributed by atoms with Crippen LogP contribution in [0.4, 0.5) is 5.69 Å². The first-order valence-corrected chi connectivity index (χ1v) is 6.49. The molecule has 18 heavy (non-hydrogen) atoms. The number of hydrogen-bond donors (Lipinski definition) is 0. The minimum atomic E-state index is -0.437. The molecule has 0 saturated heterocycles. The van der Waals surface area contributed by atoms with Gasteiger partial charge in [-0.15, -0.1) is 11.8 Å². The normalized spacial score (nSPS) is 11.9. The van der Waals surface area contributed by atoms with Crippen molar-refractivity contribution in [3.8, 4) is 0 Å². The predicted molar refractivity (Wildman–Crippen MR) is 71.7 cm³/mol. The summed E-state index contributed by atoms with van der Waals surface area (Å²) in [5, 5.41) is 10.3. The lowest BCUT2D eigenvalue weighted by Crippen LogP contribution is -2.32. The Morgan fingerprint density at radius 2 is 2.00 bits per heavy atom. The fourth-order valence-electron chi connectivity index (χ4n) is 1.37. The number of non-ortho nitro benzene ring substituents is 1. The number of nitrogens with zero attached hydrogens (tertiary/aromatic N) is 2. The van der Waals surface area contributed by atoms with Crippen LogP contribution in [0.2, 0.25) is 0 Å². The summed E-state index contributed by atoms with van der Waals surface area (Å²) in [7, 11) is 1.76. The van der Waals surface area contributed by atoms with Gasteiger partial charge in [0.2, 0.25) is 5.91 Å². The van der Waals surface area contributed by atoms with Gasteiger partial charge >= 0.3 is 0 Å². The number of hydrogen-bond acceptors (Lipinski definition) is 4. The largest absolute Gasteiger partial charge is 0.345 e. The Balaban J connectivity index is 2.67. The second kappa shape index (κ2) is 6.39. The second-order valence-electron chi connectivity index (χ2n) is 3.86. The Kier molecular flexibility index (Phi) is 5.15. The summed E-state index contributed by atoms with van der Waals surface area (Å²) >= 11 is 1.40. The monoisotopic (exact) mass is 268 g/mol. The molecule has 0 aliphatic heterocycles. The van der Waals surface area contributed by atoms with Crippen molar-refractivity contribution in [1.29, 1.82) is 0 Å². The second-order valence-corrected chi connectivity index (χ2v) is 5.28. The summed E-state index contributed by atoms with van der Waals surface area (Å²) < 4.78 is 0. The molecule has 5 nitrogen and oxygen atoms in total. The molecule has 0 saturated carbocycles. The predicted octanol–water partition coefficient (Wildman–Crippen LogP) is 2.55. The third-order valence-electron chi connectivity index (χ3n) is 2.56. The molecule has 1 atom stereocenters. The van der Waals surface area contributed by atoms with Gasteiger partial charge in [0, 0.05) is 30.6 Å². The Labute approximate surface area is 110 Å². The minimum Gasteiger partial charge on any atom is -0.345 e. The smallest absolute Gasteiger partial charge is 0.269 e. The Bertz CT molecular complexity index is 433. The van der Waals surface area contributed by atoms with Gasteiger partial charge < -0.3 is 4.90 Å². The lowest BCUT2D eigenvalue weighted by atomic mass is 10.3. The van der Waals surface area contributed by atoms with Gasteiger partial charge in [-0.05, 0) is 26.0 Å². The summed E-state index contributed by atoms with van der Waals surface area (Å²) in [5.41, 5.74) is 0.0593. The van der Waals surface area contributed by atoms with Crippen molar-refractivity contribution >= 4 is 23.4 Å². The fraction of sp³-hybridized carbons (Fsp3) is 0.417. The Morgan fingerprint density at radius 3 is 2.44 bits per heavy atom. The highest BCUT2D eigenvalue weighted by Crippen LogP contribution is 2.26. The summed E-state index contributed by atoms with van der Waals surface area (Å²) in [5.74, 6) is 0.0563. The molecular weight excluding hydrogens is 252 g/mol. The molecule has 0 aliphatic rings. The first-order valence-electron chi connectivity index (χ1n) is 5.61. The number of nitro benzene ring substituents is 1. The van der Waals surface area contributed by atoms with Crippen LogP contribution in [0, 0.1) is 10.1 Å². The van der Waals surface area contributed by atoms with Crippen LogP contribution in [0.5, 0.6) is 0 Å². The fourth-order valence-corrected chi connectivity index (χ4v) is 2.35. The number of nitro groups is 1. The molecule has 1 amide bonds. The van der Waals surface area contributed by atoms with E-state index in [1.807, 2.05) is 13.8 Å². The quantitative estimate of drug-likeness (QED) is 0.467. The zero-order valence-electron chi connectivity index (χ0n) is 10.6. The molecule has 0 aliphatic carbocycles. The van der Waals surface area contributed by atoms with Gasteiger partial charge in [-0.2, -0.15) is 0 Å². The van der Waals surface area contributed by atoms with Crippen LogP contribution in [0.3, 0.4) is 0 Å². The van der Waals surface area contributed by atoms with E-state index < -0.39 is 4.92 Å². The highest BCUT2D eigenvalue weighted by molar-refractivity contribution is 8.00. The van der Waals surface area contributed by atoms with Crippen molar-refractivity contribution in [3.05, 3.63) is 34.4 Å². The van der Waals surface area contributed by atoms with Crippen LogP contribution in [0.15, 0.2) is 29.2 Å².